The summed E-state index contributed by atoms with van der Waals surface area (Å²) in [7, 11) is 0. The minimum absolute atomic E-state index is 0.118. The average molecular weight is 408 g/mol. The van der Waals surface area contributed by atoms with Crippen LogP contribution in [0.25, 0.3) is 0 Å². The van der Waals surface area contributed by atoms with Crippen molar-refractivity contribution >= 4 is 5.97 Å². The van der Waals surface area contributed by atoms with Gasteiger partial charge in [0.05, 0.1) is 0 Å². The summed E-state index contributed by atoms with van der Waals surface area (Å²) in [4.78, 5) is 12.8. The molecule has 5 aliphatic rings. The molecule has 3 atom stereocenters. The molecule has 0 heterocycles. The number of halogens is 5. The summed E-state index contributed by atoms with van der Waals surface area (Å²) >= 11 is 0. The zero-order valence-electron chi connectivity index (χ0n) is 16.6. The number of rotatable bonds is 4. The number of hydrogen-bond donors (Lipinski definition) is 0. The Morgan fingerprint density at radius 2 is 1.50 bits per heavy atom. The first-order valence-corrected chi connectivity index (χ1v) is 10.5. The van der Waals surface area contributed by atoms with Crippen molar-refractivity contribution in [3.63, 3.8) is 0 Å². The number of esters is 1. The molecule has 5 rings (SSSR count). The Morgan fingerprint density at radius 1 is 1.00 bits per heavy atom. The van der Waals surface area contributed by atoms with Crippen LogP contribution in [0.4, 0.5) is 22.0 Å². The number of carbonyl (C=O) groups excluding carboxylic acids is 1. The number of ether oxygens (including phenoxy) is 1. The van der Waals surface area contributed by atoms with Crippen molar-refractivity contribution in [2.45, 2.75) is 88.8 Å². The van der Waals surface area contributed by atoms with E-state index in [-0.39, 0.29) is 25.2 Å². The Hall–Kier alpha value is -0.880. The van der Waals surface area contributed by atoms with Gasteiger partial charge in [0.15, 0.2) is 0 Å². The summed E-state index contributed by atoms with van der Waals surface area (Å²) in [5.41, 5.74) is -4.89. The van der Waals surface area contributed by atoms with Crippen molar-refractivity contribution in [2.75, 3.05) is 0 Å². The summed E-state index contributed by atoms with van der Waals surface area (Å²) in [5, 5.41) is 0. The van der Waals surface area contributed by atoms with Gasteiger partial charge in [-0.15, -0.1) is 0 Å². The van der Waals surface area contributed by atoms with Crippen LogP contribution >= 0.6 is 0 Å². The Balaban J connectivity index is 1.59. The summed E-state index contributed by atoms with van der Waals surface area (Å²) in [6.07, 6.45) is 4.03. The molecular formula is C21H29F5O2. The monoisotopic (exact) mass is 408 g/mol. The fraction of sp³-hybridized carbons (Fsp3) is 0.952. The highest BCUT2D eigenvalue weighted by molar-refractivity contribution is 5.75. The maximum Gasteiger partial charge on any atom is 0.315 e. The van der Waals surface area contributed by atoms with Gasteiger partial charge in [-0.2, -0.15) is 0 Å². The van der Waals surface area contributed by atoms with Gasteiger partial charge in [-0.05, 0) is 75.5 Å². The zero-order valence-corrected chi connectivity index (χ0v) is 16.6. The lowest BCUT2D eigenvalue weighted by atomic mass is 9.50. The zero-order chi connectivity index (χ0) is 20.7. The van der Waals surface area contributed by atoms with Crippen LogP contribution in [-0.2, 0) is 9.53 Å². The van der Waals surface area contributed by atoms with E-state index in [9.17, 15) is 22.4 Å². The molecule has 0 saturated heterocycles. The van der Waals surface area contributed by atoms with E-state index < -0.39 is 47.3 Å². The van der Waals surface area contributed by atoms with E-state index in [1.165, 1.54) is 13.3 Å². The van der Waals surface area contributed by atoms with Crippen molar-refractivity contribution < 1.29 is 31.5 Å². The molecule has 0 aromatic heterocycles. The number of alkyl halides is 5. The van der Waals surface area contributed by atoms with Crippen LogP contribution in [0.3, 0.4) is 0 Å². The van der Waals surface area contributed by atoms with E-state index in [1.807, 2.05) is 0 Å². The van der Waals surface area contributed by atoms with E-state index >= 15 is 4.39 Å². The topological polar surface area (TPSA) is 26.3 Å². The lowest BCUT2D eigenvalue weighted by molar-refractivity contribution is -0.256. The van der Waals surface area contributed by atoms with Gasteiger partial charge < -0.3 is 4.74 Å². The molecule has 2 nitrogen and oxygen atoms in total. The molecule has 5 fully saturated rings. The molecule has 0 spiro atoms. The SMILES string of the molecule is CCC1CC(C(=O)OC2(C)C3CC4CC(C3)CC2C4)C(F)(F)C1(F)C(C)(F)F. The molecule has 0 amide bonds. The van der Waals surface area contributed by atoms with E-state index in [0.29, 0.717) is 11.8 Å². The molecule has 7 heteroatoms. The van der Waals surface area contributed by atoms with E-state index in [4.69, 9.17) is 4.74 Å². The minimum atomic E-state index is -4.47. The van der Waals surface area contributed by atoms with Crippen molar-refractivity contribution in [3.05, 3.63) is 0 Å². The molecule has 0 aromatic carbocycles. The van der Waals surface area contributed by atoms with Crippen LogP contribution in [0.5, 0.6) is 0 Å². The maximum atomic E-state index is 15.1. The largest absolute Gasteiger partial charge is 0.458 e. The average Bonchev–Trinajstić information content (AvgIpc) is 2.79. The summed E-state index contributed by atoms with van der Waals surface area (Å²) in [5.74, 6) is -12.2. The standard InChI is InChI=1S/C21H29F5O2/c1-4-13-10-16(21(25,26)20(13,24)19(3,22)23)17(27)28-18(2)14-6-11-5-12(8-14)9-15(18)7-11/h11-16H,4-10H2,1-3H3. The first kappa shape index (κ1) is 20.4. The molecule has 4 bridgehead atoms. The molecule has 0 aromatic rings. The summed E-state index contributed by atoms with van der Waals surface area (Å²) < 4.78 is 78.6. The minimum Gasteiger partial charge on any atom is -0.458 e. The second-order valence-corrected chi connectivity index (χ2v) is 10.0. The van der Waals surface area contributed by atoms with Crippen LogP contribution < -0.4 is 0 Å². The Kier molecular flexibility index (Phi) is 4.42. The Morgan fingerprint density at radius 3 is 1.89 bits per heavy atom. The first-order chi connectivity index (χ1) is 12.8. The predicted molar refractivity (Wildman–Crippen MR) is 92.8 cm³/mol. The van der Waals surface area contributed by atoms with Gasteiger partial charge in [0.25, 0.3) is 5.92 Å². The van der Waals surface area contributed by atoms with Gasteiger partial charge in [-0.25, -0.2) is 22.0 Å². The van der Waals surface area contributed by atoms with E-state index in [2.05, 4.69) is 0 Å². The molecular weight excluding hydrogens is 379 g/mol. The molecule has 3 unspecified atom stereocenters. The fourth-order valence-corrected chi connectivity index (χ4v) is 7.04. The predicted octanol–water partition coefficient (Wildman–Crippen LogP) is 5.79. The van der Waals surface area contributed by atoms with Gasteiger partial charge in [-0.1, -0.05) is 6.92 Å². The quantitative estimate of drug-likeness (QED) is 0.435. The molecule has 5 aliphatic carbocycles. The highest BCUT2D eigenvalue weighted by Gasteiger charge is 2.79. The van der Waals surface area contributed by atoms with Gasteiger partial charge in [0.2, 0.25) is 5.67 Å². The molecule has 28 heavy (non-hydrogen) atoms. The number of carbonyl (C=O) groups is 1. The van der Waals surface area contributed by atoms with Crippen LogP contribution in [0, 0.1) is 35.5 Å². The third kappa shape index (κ3) is 2.52. The van der Waals surface area contributed by atoms with Crippen LogP contribution in [0.2, 0.25) is 0 Å². The van der Waals surface area contributed by atoms with Gasteiger partial charge in [0, 0.05) is 12.8 Å². The lowest BCUT2D eigenvalue weighted by Gasteiger charge is -2.59. The van der Waals surface area contributed by atoms with Gasteiger partial charge in [0.1, 0.15) is 11.5 Å². The third-order valence-corrected chi connectivity index (χ3v) is 8.50. The third-order valence-electron chi connectivity index (χ3n) is 8.50. The van der Waals surface area contributed by atoms with Gasteiger partial charge >= 0.3 is 11.9 Å². The molecule has 5 saturated carbocycles. The molecule has 0 radical (unpaired) electrons. The van der Waals surface area contributed by atoms with Crippen LogP contribution in [-0.4, -0.2) is 29.1 Å². The van der Waals surface area contributed by atoms with Crippen LogP contribution in [0.1, 0.15) is 65.7 Å². The smallest absolute Gasteiger partial charge is 0.315 e. The number of hydrogen-bond acceptors (Lipinski definition) is 2. The Bertz CT molecular complexity index is 630. The van der Waals surface area contributed by atoms with E-state index in [0.717, 1.165) is 25.7 Å². The molecule has 0 aliphatic heterocycles. The second kappa shape index (κ2) is 6.07. The second-order valence-electron chi connectivity index (χ2n) is 10.0. The van der Waals surface area contributed by atoms with Crippen molar-refractivity contribution in [1.29, 1.82) is 0 Å². The lowest BCUT2D eigenvalue weighted by Crippen LogP contribution is -2.60. The Labute approximate surface area is 162 Å². The molecule has 160 valence electrons. The molecule has 0 N–H and O–H groups in total. The summed E-state index contributed by atoms with van der Waals surface area (Å²) in [6, 6.07) is 0. The van der Waals surface area contributed by atoms with Gasteiger partial charge in [-0.3, -0.25) is 4.79 Å². The highest BCUT2D eigenvalue weighted by atomic mass is 19.3. The fourth-order valence-electron chi connectivity index (χ4n) is 7.04. The summed E-state index contributed by atoms with van der Waals surface area (Å²) in [6.45, 7) is 3.38. The van der Waals surface area contributed by atoms with Crippen LogP contribution in [0.15, 0.2) is 0 Å². The van der Waals surface area contributed by atoms with Crippen molar-refractivity contribution in [2.24, 2.45) is 35.5 Å². The first-order valence-electron chi connectivity index (χ1n) is 10.5. The van der Waals surface area contributed by atoms with Crippen molar-refractivity contribution in [3.8, 4) is 0 Å². The maximum absolute atomic E-state index is 15.1. The highest BCUT2D eigenvalue weighted by Crippen LogP contribution is 2.63. The van der Waals surface area contributed by atoms with E-state index in [1.54, 1.807) is 6.92 Å². The normalized spacial score (nSPS) is 49.4. The van der Waals surface area contributed by atoms with Crippen molar-refractivity contribution in [1.82, 2.24) is 0 Å².